The summed E-state index contributed by atoms with van der Waals surface area (Å²) in [4.78, 5) is 84.6. The van der Waals surface area contributed by atoms with Gasteiger partial charge < -0.3 is 30.1 Å². The SMILES string of the molecule is CCCCC1OC(=O)CCNC(=O)[C@H](C)N(C)C(=O)[C@H](C(C)C)N(C)C(=O)[C@H]([C@@H](C)CC)NC(=O)[C@@H]2CCCN2C1=O. The highest BCUT2D eigenvalue weighted by Crippen LogP contribution is 2.23. The highest BCUT2D eigenvalue weighted by Gasteiger charge is 2.42. The Morgan fingerprint density at radius 2 is 1.60 bits per heavy atom. The molecule has 12 nitrogen and oxygen atoms in total. The third-order valence-electron chi connectivity index (χ3n) is 8.57. The first-order valence-corrected chi connectivity index (χ1v) is 15.4. The molecule has 0 aliphatic carbocycles. The summed E-state index contributed by atoms with van der Waals surface area (Å²) >= 11 is 0. The molecule has 0 saturated carbocycles. The van der Waals surface area contributed by atoms with E-state index in [9.17, 15) is 28.8 Å². The summed E-state index contributed by atoms with van der Waals surface area (Å²) in [5, 5.41) is 5.57. The third-order valence-corrected chi connectivity index (χ3v) is 8.57. The van der Waals surface area contributed by atoms with Gasteiger partial charge in [0.2, 0.25) is 23.6 Å². The first-order valence-electron chi connectivity index (χ1n) is 15.4. The lowest BCUT2D eigenvalue weighted by molar-refractivity contribution is -0.162. The number of fused-ring (bicyclic) bond motifs is 1. The van der Waals surface area contributed by atoms with E-state index in [0.717, 1.165) is 6.42 Å². The fourth-order valence-corrected chi connectivity index (χ4v) is 5.53. The predicted molar refractivity (Wildman–Crippen MR) is 157 cm³/mol. The number of carbonyl (C=O) groups excluding carboxylic acids is 6. The first-order chi connectivity index (χ1) is 19.8. The number of hydrogen-bond acceptors (Lipinski definition) is 7. The number of amides is 5. The summed E-state index contributed by atoms with van der Waals surface area (Å²) in [5.41, 5.74) is 0. The van der Waals surface area contributed by atoms with Crippen LogP contribution in [0.1, 0.15) is 86.5 Å². The minimum absolute atomic E-state index is 0.0317. The lowest BCUT2D eigenvalue weighted by Gasteiger charge is -2.38. The Labute approximate surface area is 250 Å². The zero-order valence-electron chi connectivity index (χ0n) is 26.6. The van der Waals surface area contributed by atoms with E-state index in [2.05, 4.69) is 10.6 Å². The molecule has 12 heteroatoms. The average Bonchev–Trinajstić information content (AvgIpc) is 3.45. The van der Waals surface area contributed by atoms with Gasteiger partial charge in [0.25, 0.3) is 5.91 Å². The van der Waals surface area contributed by atoms with Gasteiger partial charge in [-0.3, -0.25) is 28.8 Å². The van der Waals surface area contributed by atoms with Crippen molar-refractivity contribution < 1.29 is 33.5 Å². The van der Waals surface area contributed by atoms with E-state index in [0.29, 0.717) is 38.6 Å². The van der Waals surface area contributed by atoms with Crippen LogP contribution in [0, 0.1) is 11.8 Å². The Balaban J connectivity index is 2.52. The maximum Gasteiger partial charge on any atom is 0.308 e. The molecule has 2 aliphatic rings. The molecule has 6 atom stereocenters. The molecule has 2 heterocycles. The Hall–Kier alpha value is -3.18. The van der Waals surface area contributed by atoms with Crippen molar-refractivity contribution in [2.45, 2.75) is 117 Å². The van der Waals surface area contributed by atoms with Gasteiger partial charge in [-0.1, -0.05) is 47.5 Å². The van der Waals surface area contributed by atoms with Crippen LogP contribution in [-0.2, 0) is 33.5 Å². The molecule has 2 N–H and O–H groups in total. The molecule has 42 heavy (non-hydrogen) atoms. The molecule has 2 fully saturated rings. The van der Waals surface area contributed by atoms with E-state index < -0.39 is 65.8 Å². The number of cyclic esters (lactones) is 1. The van der Waals surface area contributed by atoms with Crippen LogP contribution in [-0.4, -0.2) is 108 Å². The van der Waals surface area contributed by atoms with Gasteiger partial charge in [-0.15, -0.1) is 0 Å². The van der Waals surface area contributed by atoms with E-state index >= 15 is 0 Å². The largest absolute Gasteiger partial charge is 0.452 e. The second-order valence-electron chi connectivity index (χ2n) is 12.0. The normalized spacial score (nSPS) is 28.5. The van der Waals surface area contributed by atoms with Gasteiger partial charge in [0.05, 0.1) is 6.42 Å². The summed E-state index contributed by atoms with van der Waals surface area (Å²) in [6.07, 6.45) is 2.16. The van der Waals surface area contributed by atoms with E-state index in [-0.39, 0.29) is 24.8 Å². The lowest BCUT2D eigenvalue weighted by Crippen LogP contribution is -2.60. The molecular weight excluding hydrogens is 542 g/mol. The lowest BCUT2D eigenvalue weighted by atomic mass is 9.94. The molecule has 0 bridgehead atoms. The maximum absolute atomic E-state index is 13.9. The van der Waals surface area contributed by atoms with Crippen molar-refractivity contribution in [3.05, 3.63) is 0 Å². The monoisotopic (exact) mass is 593 g/mol. The quantitative estimate of drug-likeness (QED) is 0.444. The summed E-state index contributed by atoms with van der Waals surface area (Å²) in [6.45, 7) is 11.2. The van der Waals surface area contributed by atoms with Crippen LogP contribution in [0.25, 0.3) is 0 Å². The minimum atomic E-state index is -1.05. The number of likely N-dealkylation sites (N-methyl/N-ethyl adjacent to an activating group) is 2. The van der Waals surface area contributed by atoms with Gasteiger partial charge >= 0.3 is 5.97 Å². The van der Waals surface area contributed by atoms with Gasteiger partial charge in [0, 0.05) is 27.2 Å². The molecule has 2 rings (SSSR count). The number of rotatable bonds is 6. The number of esters is 1. The van der Waals surface area contributed by atoms with Crippen LogP contribution in [0.3, 0.4) is 0 Å². The number of ether oxygens (including phenoxy) is 1. The summed E-state index contributed by atoms with van der Waals surface area (Å²) in [7, 11) is 3.05. The molecule has 2 saturated heterocycles. The van der Waals surface area contributed by atoms with E-state index in [1.54, 1.807) is 14.0 Å². The Kier molecular flexibility index (Phi) is 13.2. The van der Waals surface area contributed by atoms with Crippen LogP contribution < -0.4 is 10.6 Å². The van der Waals surface area contributed by atoms with Gasteiger partial charge in [-0.2, -0.15) is 0 Å². The molecule has 0 radical (unpaired) electrons. The summed E-state index contributed by atoms with van der Waals surface area (Å²) < 4.78 is 5.58. The maximum atomic E-state index is 13.9. The van der Waals surface area contributed by atoms with Crippen molar-refractivity contribution in [2.24, 2.45) is 11.8 Å². The van der Waals surface area contributed by atoms with Crippen molar-refractivity contribution in [1.82, 2.24) is 25.3 Å². The van der Waals surface area contributed by atoms with E-state index in [4.69, 9.17) is 4.74 Å². The van der Waals surface area contributed by atoms with Crippen molar-refractivity contribution in [3.8, 4) is 0 Å². The average molecular weight is 594 g/mol. The zero-order valence-corrected chi connectivity index (χ0v) is 26.6. The minimum Gasteiger partial charge on any atom is -0.452 e. The molecule has 0 aromatic rings. The van der Waals surface area contributed by atoms with Gasteiger partial charge in [-0.05, 0) is 44.4 Å². The van der Waals surface area contributed by atoms with Crippen LogP contribution in [0.5, 0.6) is 0 Å². The van der Waals surface area contributed by atoms with Gasteiger partial charge in [0.15, 0.2) is 6.10 Å². The smallest absolute Gasteiger partial charge is 0.308 e. The van der Waals surface area contributed by atoms with Crippen molar-refractivity contribution in [2.75, 3.05) is 27.2 Å². The molecule has 0 aromatic heterocycles. The van der Waals surface area contributed by atoms with E-state index in [1.807, 2.05) is 34.6 Å². The predicted octanol–water partition coefficient (Wildman–Crippen LogP) is 1.46. The second-order valence-corrected chi connectivity index (χ2v) is 12.0. The van der Waals surface area contributed by atoms with Gasteiger partial charge in [0.1, 0.15) is 24.2 Å². The number of nitrogens with zero attached hydrogens (tertiary/aromatic N) is 3. The van der Waals surface area contributed by atoms with Crippen LogP contribution in [0.2, 0.25) is 0 Å². The zero-order chi connectivity index (χ0) is 31.7. The second kappa shape index (κ2) is 15.9. The van der Waals surface area contributed by atoms with E-state index in [1.165, 1.54) is 21.7 Å². The molecule has 2 aliphatic heterocycles. The molecular formula is C30H51N5O7. The fourth-order valence-electron chi connectivity index (χ4n) is 5.53. The molecule has 0 aromatic carbocycles. The molecule has 1 unspecified atom stereocenters. The third kappa shape index (κ3) is 8.44. The number of hydrogen-bond donors (Lipinski definition) is 2. The van der Waals surface area contributed by atoms with Crippen molar-refractivity contribution in [1.29, 1.82) is 0 Å². The van der Waals surface area contributed by atoms with Crippen molar-refractivity contribution in [3.63, 3.8) is 0 Å². The highest BCUT2D eigenvalue weighted by atomic mass is 16.5. The Morgan fingerprint density at radius 3 is 2.19 bits per heavy atom. The van der Waals surface area contributed by atoms with Gasteiger partial charge in [-0.25, -0.2) is 0 Å². The molecule has 5 amide bonds. The summed E-state index contributed by atoms with van der Waals surface area (Å²) in [5.74, 6) is -3.35. The number of nitrogens with one attached hydrogen (secondary N) is 2. The fraction of sp³-hybridized carbons (Fsp3) is 0.800. The number of unbranched alkanes of at least 4 members (excludes halogenated alkanes) is 1. The molecule has 0 spiro atoms. The van der Waals surface area contributed by atoms with Crippen LogP contribution >= 0.6 is 0 Å². The summed E-state index contributed by atoms with van der Waals surface area (Å²) in [6, 6.07) is -3.50. The van der Waals surface area contributed by atoms with Crippen LogP contribution in [0.4, 0.5) is 0 Å². The Morgan fingerprint density at radius 1 is 0.929 bits per heavy atom. The first kappa shape index (κ1) is 35.0. The molecule has 238 valence electrons. The van der Waals surface area contributed by atoms with Crippen LogP contribution in [0.15, 0.2) is 0 Å². The number of carbonyl (C=O) groups is 6. The topological polar surface area (TPSA) is 145 Å². The standard InChI is InChI=1S/C30H51N5O7/c1-9-11-14-22-28(39)35-17-12-13-21(35)27(38)32-24(19(5)10-2)29(40)34(8)25(18(3)4)30(41)33(7)20(6)26(37)31-16-15-23(36)42-22/h18-22,24-25H,9-17H2,1-8H3,(H,31,37)(H,32,38)/t19-,20-,21-,22?,24-,25-/m0/s1. The van der Waals surface area contributed by atoms with Crippen molar-refractivity contribution >= 4 is 35.5 Å². The highest BCUT2D eigenvalue weighted by molar-refractivity contribution is 5.96. The Bertz CT molecular complexity index is 1000.